The molecule has 0 aromatic heterocycles. The van der Waals surface area contributed by atoms with E-state index >= 15 is 0 Å². The fourth-order valence-electron chi connectivity index (χ4n) is 3.93. The van der Waals surface area contributed by atoms with Crippen molar-refractivity contribution < 1.29 is 24.1 Å². The van der Waals surface area contributed by atoms with Gasteiger partial charge in [-0.3, -0.25) is 4.79 Å². The van der Waals surface area contributed by atoms with Gasteiger partial charge < -0.3 is 24.6 Å². The third kappa shape index (κ3) is 6.47. The predicted octanol–water partition coefficient (Wildman–Crippen LogP) is 3.65. The van der Waals surface area contributed by atoms with Crippen molar-refractivity contribution in [3.63, 3.8) is 0 Å². The van der Waals surface area contributed by atoms with Crippen LogP contribution >= 0.6 is 0 Å². The van der Waals surface area contributed by atoms with Crippen LogP contribution in [0.25, 0.3) is 0 Å². The smallest absolute Gasteiger partial charge is 0.286 e. The molecular weight excluding hydrogens is 370 g/mol. The molecule has 1 saturated carbocycles. The number of carbonyl (C=O) groups excluding carboxylic acids is 1. The number of aliphatic hydroxyl groups is 1. The lowest BCUT2D eigenvalue weighted by atomic mass is 9.92. The van der Waals surface area contributed by atoms with Crippen LogP contribution in [0.1, 0.15) is 62.8 Å². The average Bonchev–Trinajstić information content (AvgIpc) is 2.77. The van der Waals surface area contributed by atoms with E-state index in [4.69, 9.17) is 19.3 Å². The topological polar surface area (TPSA) is 77.0 Å². The minimum atomic E-state index is -0.474. The summed E-state index contributed by atoms with van der Waals surface area (Å²) in [6.45, 7) is 0.649. The lowest BCUT2D eigenvalue weighted by Crippen LogP contribution is -2.39. The van der Waals surface area contributed by atoms with Gasteiger partial charge in [0.1, 0.15) is 5.75 Å². The largest absolute Gasteiger partial charge is 0.497 e. The van der Waals surface area contributed by atoms with Gasteiger partial charge >= 0.3 is 0 Å². The van der Waals surface area contributed by atoms with Crippen LogP contribution in [0.15, 0.2) is 36.1 Å². The molecule has 1 fully saturated rings. The van der Waals surface area contributed by atoms with E-state index in [1.807, 2.05) is 30.3 Å². The molecule has 2 atom stereocenters. The lowest BCUT2D eigenvalue weighted by molar-refractivity contribution is -0.147. The van der Waals surface area contributed by atoms with Gasteiger partial charge in [-0.05, 0) is 49.5 Å². The first-order valence-electron chi connectivity index (χ1n) is 10.8. The quantitative estimate of drug-likeness (QED) is 0.616. The van der Waals surface area contributed by atoms with Crippen molar-refractivity contribution in [2.45, 2.75) is 69.6 Å². The highest BCUT2D eigenvalue weighted by molar-refractivity contribution is 5.92. The molecule has 6 nitrogen and oxygen atoms in total. The molecule has 1 heterocycles. The van der Waals surface area contributed by atoms with Crippen LogP contribution in [0.2, 0.25) is 0 Å². The zero-order valence-corrected chi connectivity index (χ0v) is 17.3. The molecule has 29 heavy (non-hydrogen) atoms. The number of amides is 1. The molecule has 1 amide bonds. The second-order valence-corrected chi connectivity index (χ2v) is 7.80. The van der Waals surface area contributed by atoms with Crippen LogP contribution in [0.5, 0.6) is 5.75 Å². The Labute approximate surface area is 173 Å². The predicted molar refractivity (Wildman–Crippen MR) is 111 cm³/mol. The van der Waals surface area contributed by atoms with E-state index in [0.717, 1.165) is 43.4 Å². The van der Waals surface area contributed by atoms with E-state index in [1.54, 1.807) is 7.11 Å². The first kappa shape index (κ1) is 21.7. The molecule has 3 rings (SSSR count). The van der Waals surface area contributed by atoms with Crippen molar-refractivity contribution in [2.24, 2.45) is 0 Å². The van der Waals surface area contributed by atoms with Crippen LogP contribution in [0.3, 0.4) is 0 Å². The van der Waals surface area contributed by atoms with E-state index in [1.165, 1.54) is 6.42 Å². The van der Waals surface area contributed by atoms with Gasteiger partial charge in [0.15, 0.2) is 5.76 Å². The number of nitrogens with one attached hydrogen (secondary N) is 1. The minimum absolute atomic E-state index is 0.0320. The van der Waals surface area contributed by atoms with Crippen molar-refractivity contribution in [3.8, 4) is 5.75 Å². The van der Waals surface area contributed by atoms with E-state index in [9.17, 15) is 4.79 Å². The number of hydrogen-bond donors (Lipinski definition) is 2. The molecule has 1 aromatic carbocycles. The number of methoxy groups -OCH3 is 1. The van der Waals surface area contributed by atoms with Crippen molar-refractivity contribution in [1.29, 1.82) is 0 Å². The number of benzene rings is 1. The van der Waals surface area contributed by atoms with Crippen LogP contribution < -0.4 is 10.1 Å². The molecule has 1 aromatic rings. The third-order valence-electron chi connectivity index (χ3n) is 5.62. The lowest BCUT2D eigenvalue weighted by Gasteiger charge is -2.30. The molecule has 0 bridgehead atoms. The van der Waals surface area contributed by atoms with Gasteiger partial charge in [0.05, 0.1) is 13.7 Å². The second kappa shape index (κ2) is 11.2. The molecule has 0 unspecified atom stereocenters. The van der Waals surface area contributed by atoms with Crippen molar-refractivity contribution in [1.82, 2.24) is 5.32 Å². The van der Waals surface area contributed by atoms with Gasteiger partial charge in [-0.1, -0.05) is 31.4 Å². The number of rotatable bonds is 9. The maximum Gasteiger partial charge on any atom is 0.286 e. The third-order valence-corrected chi connectivity index (χ3v) is 5.62. The normalized spacial score (nSPS) is 22.5. The van der Waals surface area contributed by atoms with E-state index < -0.39 is 6.29 Å². The average molecular weight is 404 g/mol. The Hall–Kier alpha value is -2.05. The van der Waals surface area contributed by atoms with E-state index in [0.29, 0.717) is 25.2 Å². The molecular formula is C23H33NO5. The Morgan fingerprint density at radius 1 is 1.17 bits per heavy atom. The number of hydrogen-bond acceptors (Lipinski definition) is 5. The Morgan fingerprint density at radius 2 is 1.93 bits per heavy atom. The summed E-state index contributed by atoms with van der Waals surface area (Å²) in [6.07, 6.45) is 9.17. The number of unbranched alkanes of at least 4 members (excludes halogenated alkanes) is 1. The number of carbonyl (C=O) groups is 1. The standard InChI is InChI=1S/C23H33NO5/c1-27-20-11-9-17(10-12-20)18-15-21(23(26)24-19-7-3-2-4-8-19)29-22(16-18)28-14-6-5-13-25/h9-12,15,18-19,22,25H,2-8,13-14,16H2,1H3,(H,24,26)/t18-,22+/m1/s1. The Kier molecular flexibility index (Phi) is 8.38. The first-order chi connectivity index (χ1) is 14.2. The summed E-state index contributed by atoms with van der Waals surface area (Å²) >= 11 is 0. The van der Waals surface area contributed by atoms with Gasteiger partial charge in [0.2, 0.25) is 6.29 Å². The molecule has 0 spiro atoms. The molecule has 0 radical (unpaired) electrons. The number of ether oxygens (including phenoxy) is 3. The molecule has 160 valence electrons. The summed E-state index contributed by atoms with van der Waals surface area (Å²) in [6, 6.07) is 8.12. The Morgan fingerprint density at radius 3 is 2.62 bits per heavy atom. The maximum atomic E-state index is 12.9. The van der Waals surface area contributed by atoms with Crippen molar-refractivity contribution in [3.05, 3.63) is 41.7 Å². The van der Waals surface area contributed by atoms with Crippen LogP contribution in [-0.4, -0.2) is 43.7 Å². The second-order valence-electron chi connectivity index (χ2n) is 7.80. The van der Waals surface area contributed by atoms with Crippen molar-refractivity contribution in [2.75, 3.05) is 20.3 Å². The van der Waals surface area contributed by atoms with Crippen LogP contribution in [0, 0.1) is 0 Å². The van der Waals surface area contributed by atoms with Gasteiger partial charge in [0.25, 0.3) is 5.91 Å². The number of allylic oxidation sites excluding steroid dienone is 1. The number of aliphatic hydroxyl groups excluding tert-OH is 1. The van der Waals surface area contributed by atoms with Gasteiger partial charge in [-0.15, -0.1) is 0 Å². The minimum Gasteiger partial charge on any atom is -0.497 e. The van der Waals surface area contributed by atoms with Gasteiger partial charge in [0, 0.05) is 25.0 Å². The van der Waals surface area contributed by atoms with E-state index in [2.05, 4.69) is 5.32 Å². The monoisotopic (exact) mass is 403 g/mol. The highest BCUT2D eigenvalue weighted by Crippen LogP contribution is 2.32. The zero-order valence-electron chi connectivity index (χ0n) is 17.3. The molecule has 1 aliphatic heterocycles. The van der Waals surface area contributed by atoms with Gasteiger partial charge in [-0.25, -0.2) is 0 Å². The summed E-state index contributed by atoms with van der Waals surface area (Å²) in [4.78, 5) is 12.9. The zero-order chi connectivity index (χ0) is 20.5. The fraction of sp³-hybridized carbons (Fsp3) is 0.609. The highest BCUT2D eigenvalue weighted by atomic mass is 16.7. The fourth-order valence-corrected chi connectivity index (χ4v) is 3.93. The summed E-state index contributed by atoms with van der Waals surface area (Å²) in [5.41, 5.74) is 1.10. The Bertz CT molecular complexity index is 666. The highest BCUT2D eigenvalue weighted by Gasteiger charge is 2.29. The molecule has 6 heteroatoms. The van der Waals surface area contributed by atoms with Crippen LogP contribution in [-0.2, 0) is 14.3 Å². The summed E-state index contributed by atoms with van der Waals surface area (Å²) in [5.74, 6) is 1.02. The first-order valence-corrected chi connectivity index (χ1v) is 10.8. The summed E-state index contributed by atoms with van der Waals surface area (Å²) in [7, 11) is 1.65. The van der Waals surface area contributed by atoms with Crippen LogP contribution in [0.4, 0.5) is 0 Å². The molecule has 0 saturated heterocycles. The molecule has 2 N–H and O–H groups in total. The summed E-state index contributed by atoms with van der Waals surface area (Å²) < 4.78 is 17.0. The Balaban J connectivity index is 1.69. The SMILES string of the molecule is COc1ccc([C@@H]2C=C(C(=O)NC3CCCCC3)O[C@H](OCCCCO)C2)cc1. The maximum absolute atomic E-state index is 12.9. The summed E-state index contributed by atoms with van der Waals surface area (Å²) in [5, 5.41) is 12.1. The van der Waals surface area contributed by atoms with Gasteiger partial charge in [-0.2, -0.15) is 0 Å². The van der Waals surface area contributed by atoms with E-state index in [-0.39, 0.29) is 24.5 Å². The molecule has 2 aliphatic rings. The molecule has 1 aliphatic carbocycles. The van der Waals surface area contributed by atoms with Crippen molar-refractivity contribution >= 4 is 5.91 Å².